The fourth-order valence-electron chi connectivity index (χ4n) is 1.80. The smallest absolute Gasteiger partial charge is 0.0458 e. The lowest BCUT2D eigenvalue weighted by Gasteiger charge is -2.25. The molecule has 0 N–H and O–H groups in total. The molecule has 0 radical (unpaired) electrons. The molecule has 1 aromatic rings. The lowest BCUT2D eigenvalue weighted by atomic mass is 9.81. The van der Waals surface area contributed by atoms with Crippen LogP contribution in [-0.4, -0.2) is 0 Å². The molecule has 0 saturated heterocycles. The Morgan fingerprint density at radius 1 is 1.21 bits per heavy atom. The summed E-state index contributed by atoms with van der Waals surface area (Å²) in [5, 5.41) is 1.47. The first-order chi connectivity index (χ1) is 6.47. The second kappa shape index (κ2) is 4.55. The van der Waals surface area contributed by atoms with Crippen LogP contribution < -0.4 is 0 Å². The van der Waals surface area contributed by atoms with E-state index in [1.165, 1.54) is 5.56 Å². The summed E-state index contributed by atoms with van der Waals surface area (Å²) in [7, 11) is 0. The van der Waals surface area contributed by atoms with Crippen LogP contribution >= 0.6 is 23.2 Å². The van der Waals surface area contributed by atoms with Gasteiger partial charge in [-0.15, -0.1) is 0 Å². The van der Waals surface area contributed by atoms with Crippen LogP contribution in [0.1, 0.15) is 39.2 Å². The highest BCUT2D eigenvalue weighted by Gasteiger charge is 2.21. The predicted molar refractivity (Wildman–Crippen MR) is 64.4 cm³/mol. The molecular weight excluding hydrogens is 215 g/mol. The fourth-order valence-corrected chi connectivity index (χ4v) is 2.46. The van der Waals surface area contributed by atoms with Gasteiger partial charge in [0.15, 0.2) is 0 Å². The van der Waals surface area contributed by atoms with E-state index in [0.29, 0.717) is 5.02 Å². The normalized spacial score (nSPS) is 11.8. The van der Waals surface area contributed by atoms with Crippen LogP contribution in [-0.2, 0) is 5.41 Å². The quantitative estimate of drug-likeness (QED) is 0.681. The van der Waals surface area contributed by atoms with Gasteiger partial charge in [0.2, 0.25) is 0 Å². The monoisotopic (exact) mass is 230 g/mol. The van der Waals surface area contributed by atoms with E-state index in [2.05, 4.69) is 20.8 Å². The van der Waals surface area contributed by atoms with Crippen LogP contribution in [0.15, 0.2) is 18.2 Å². The van der Waals surface area contributed by atoms with Crippen molar-refractivity contribution in [2.75, 3.05) is 0 Å². The Labute approximate surface area is 96.2 Å². The van der Waals surface area contributed by atoms with Crippen LogP contribution in [0.2, 0.25) is 10.0 Å². The molecule has 0 saturated carbocycles. The molecule has 14 heavy (non-hydrogen) atoms. The minimum Gasteiger partial charge on any atom is -0.0843 e. The fraction of sp³-hybridized carbons (Fsp3) is 0.500. The molecule has 0 heterocycles. The summed E-state index contributed by atoms with van der Waals surface area (Å²) in [5.74, 6) is 0. The number of halogens is 2. The van der Waals surface area contributed by atoms with Crippen molar-refractivity contribution < 1.29 is 0 Å². The Hall–Kier alpha value is -0.200. The van der Waals surface area contributed by atoms with Crippen molar-refractivity contribution >= 4 is 23.2 Å². The summed E-state index contributed by atoms with van der Waals surface area (Å²) >= 11 is 12.0. The summed E-state index contributed by atoms with van der Waals surface area (Å²) in [4.78, 5) is 0. The SMILES string of the molecule is CCCC(C)(C)c1ccc(Cl)cc1Cl. The van der Waals surface area contributed by atoms with E-state index in [0.717, 1.165) is 17.9 Å². The van der Waals surface area contributed by atoms with E-state index in [-0.39, 0.29) is 5.41 Å². The van der Waals surface area contributed by atoms with E-state index in [4.69, 9.17) is 23.2 Å². The molecule has 0 unspecified atom stereocenters. The van der Waals surface area contributed by atoms with Gasteiger partial charge in [0.1, 0.15) is 0 Å². The molecule has 0 aliphatic carbocycles. The standard InChI is InChI=1S/C12H16Cl2/c1-4-7-12(2,3)10-6-5-9(13)8-11(10)14/h5-6,8H,4,7H2,1-3H3. The zero-order chi connectivity index (χ0) is 10.8. The highest BCUT2D eigenvalue weighted by Crippen LogP contribution is 2.34. The molecule has 1 rings (SSSR count). The van der Waals surface area contributed by atoms with Crippen LogP contribution in [0.3, 0.4) is 0 Å². The van der Waals surface area contributed by atoms with Crippen molar-refractivity contribution in [2.45, 2.75) is 39.0 Å². The number of benzene rings is 1. The summed E-state index contributed by atoms with van der Waals surface area (Å²) in [5.41, 5.74) is 1.32. The summed E-state index contributed by atoms with van der Waals surface area (Å²) < 4.78 is 0. The maximum absolute atomic E-state index is 6.17. The molecular formula is C12H16Cl2. The minimum atomic E-state index is 0.135. The molecule has 2 heteroatoms. The summed E-state index contributed by atoms with van der Waals surface area (Å²) in [6, 6.07) is 5.75. The van der Waals surface area contributed by atoms with E-state index >= 15 is 0 Å². The van der Waals surface area contributed by atoms with Gasteiger partial charge in [-0.2, -0.15) is 0 Å². The van der Waals surface area contributed by atoms with E-state index in [1.807, 2.05) is 18.2 Å². The van der Waals surface area contributed by atoms with Crippen LogP contribution in [0.4, 0.5) is 0 Å². The van der Waals surface area contributed by atoms with Crippen molar-refractivity contribution in [3.05, 3.63) is 33.8 Å². The zero-order valence-corrected chi connectivity index (χ0v) is 10.4. The molecule has 0 nitrogen and oxygen atoms in total. The topological polar surface area (TPSA) is 0 Å². The highest BCUT2D eigenvalue weighted by atomic mass is 35.5. The van der Waals surface area contributed by atoms with Crippen molar-refractivity contribution in [2.24, 2.45) is 0 Å². The maximum Gasteiger partial charge on any atom is 0.0458 e. The molecule has 1 aromatic carbocycles. The van der Waals surface area contributed by atoms with Gasteiger partial charge >= 0.3 is 0 Å². The number of hydrogen-bond acceptors (Lipinski definition) is 0. The third-order valence-electron chi connectivity index (χ3n) is 2.54. The Morgan fingerprint density at radius 2 is 1.86 bits per heavy atom. The van der Waals surface area contributed by atoms with Gasteiger partial charge in [-0.1, -0.05) is 56.5 Å². The molecule has 0 aromatic heterocycles. The highest BCUT2D eigenvalue weighted by molar-refractivity contribution is 6.35. The average Bonchev–Trinajstić information content (AvgIpc) is 2.02. The third-order valence-corrected chi connectivity index (χ3v) is 3.08. The van der Waals surface area contributed by atoms with Crippen LogP contribution in [0, 0.1) is 0 Å². The molecule has 0 amide bonds. The zero-order valence-electron chi connectivity index (χ0n) is 8.90. The molecule has 0 fully saturated rings. The molecule has 0 aliphatic heterocycles. The van der Waals surface area contributed by atoms with Gasteiger partial charge in [0.25, 0.3) is 0 Å². The Balaban J connectivity index is 3.06. The second-order valence-electron chi connectivity index (χ2n) is 4.26. The molecule has 0 aliphatic rings. The van der Waals surface area contributed by atoms with Gasteiger partial charge in [0.05, 0.1) is 0 Å². The Morgan fingerprint density at radius 3 is 2.36 bits per heavy atom. The molecule has 0 spiro atoms. The van der Waals surface area contributed by atoms with E-state index in [1.54, 1.807) is 0 Å². The molecule has 0 bridgehead atoms. The second-order valence-corrected chi connectivity index (χ2v) is 5.10. The predicted octanol–water partition coefficient (Wildman–Crippen LogP) is 5.07. The average molecular weight is 231 g/mol. The van der Waals surface area contributed by atoms with Crippen molar-refractivity contribution in [1.82, 2.24) is 0 Å². The lowest BCUT2D eigenvalue weighted by Crippen LogP contribution is -2.17. The summed E-state index contributed by atoms with van der Waals surface area (Å²) in [6.45, 7) is 6.61. The third kappa shape index (κ3) is 2.65. The first kappa shape index (κ1) is 11.9. The molecule has 0 atom stereocenters. The van der Waals surface area contributed by atoms with Crippen LogP contribution in [0.5, 0.6) is 0 Å². The summed E-state index contributed by atoms with van der Waals surface area (Å²) in [6.07, 6.45) is 2.29. The largest absolute Gasteiger partial charge is 0.0843 e. The number of hydrogen-bond donors (Lipinski definition) is 0. The Kier molecular flexibility index (Phi) is 3.86. The Bertz CT molecular complexity index is 316. The van der Waals surface area contributed by atoms with Gasteiger partial charge in [-0.25, -0.2) is 0 Å². The van der Waals surface area contributed by atoms with Crippen LogP contribution in [0.25, 0.3) is 0 Å². The van der Waals surface area contributed by atoms with Gasteiger partial charge in [0, 0.05) is 10.0 Å². The van der Waals surface area contributed by atoms with Crippen molar-refractivity contribution in [3.63, 3.8) is 0 Å². The maximum atomic E-state index is 6.17. The van der Waals surface area contributed by atoms with Gasteiger partial charge < -0.3 is 0 Å². The van der Waals surface area contributed by atoms with E-state index < -0.39 is 0 Å². The minimum absolute atomic E-state index is 0.135. The van der Waals surface area contributed by atoms with Gasteiger partial charge in [-0.05, 0) is 29.5 Å². The van der Waals surface area contributed by atoms with Gasteiger partial charge in [-0.3, -0.25) is 0 Å². The lowest BCUT2D eigenvalue weighted by molar-refractivity contribution is 0.473. The van der Waals surface area contributed by atoms with Crippen molar-refractivity contribution in [3.8, 4) is 0 Å². The number of rotatable bonds is 3. The first-order valence-electron chi connectivity index (χ1n) is 4.93. The van der Waals surface area contributed by atoms with Crippen molar-refractivity contribution in [1.29, 1.82) is 0 Å². The molecule has 78 valence electrons. The van der Waals surface area contributed by atoms with E-state index in [9.17, 15) is 0 Å². The first-order valence-corrected chi connectivity index (χ1v) is 5.68.